The fourth-order valence-electron chi connectivity index (χ4n) is 1.22. The Morgan fingerprint density at radius 1 is 1.35 bits per heavy atom. The van der Waals surface area contributed by atoms with Crippen molar-refractivity contribution in [3.05, 3.63) is 29.8 Å². The summed E-state index contributed by atoms with van der Waals surface area (Å²) in [6.07, 6.45) is -3.07. The van der Waals surface area contributed by atoms with E-state index in [2.05, 4.69) is 17.7 Å². The molecule has 1 rings (SSSR count). The molecule has 0 heterocycles. The molecule has 2 atom stereocenters. The summed E-state index contributed by atoms with van der Waals surface area (Å²) < 4.78 is 4.94. The van der Waals surface area contributed by atoms with Crippen molar-refractivity contribution < 1.29 is 24.6 Å². The van der Waals surface area contributed by atoms with Gasteiger partial charge in [0.1, 0.15) is 11.9 Å². The molecule has 6 nitrogen and oxygen atoms in total. The highest BCUT2D eigenvalue weighted by Gasteiger charge is 2.27. The Bertz CT molecular complexity index is 369. The zero-order chi connectivity index (χ0) is 12.8. The number of nitrogens with one attached hydrogen (secondary N) is 1. The molecular weight excluding hydrogens is 246 g/mol. The third kappa shape index (κ3) is 3.60. The Balaban J connectivity index is 2.73. The summed E-state index contributed by atoms with van der Waals surface area (Å²) in [5.74, 6) is -0.418. The minimum Gasteiger partial charge on any atom is -0.497 e. The minimum absolute atomic E-state index is 0.370. The fourth-order valence-corrected chi connectivity index (χ4v) is 1.31. The largest absolute Gasteiger partial charge is 0.497 e. The van der Waals surface area contributed by atoms with Gasteiger partial charge in [0.05, 0.1) is 7.11 Å². The summed E-state index contributed by atoms with van der Waals surface area (Å²) in [6, 6.07) is 6.28. The maximum absolute atomic E-state index is 11.1. The van der Waals surface area contributed by atoms with E-state index in [-0.39, 0.29) is 0 Å². The molecule has 17 heavy (non-hydrogen) atoms. The minimum atomic E-state index is -1.69. The van der Waals surface area contributed by atoms with Crippen LogP contribution in [0.5, 0.6) is 5.75 Å². The molecule has 0 bridgehead atoms. The van der Waals surface area contributed by atoms with Crippen molar-refractivity contribution in [1.29, 1.82) is 0 Å². The molecule has 7 heteroatoms. The lowest BCUT2D eigenvalue weighted by Crippen LogP contribution is -2.31. The number of benzene rings is 1. The third-order valence-electron chi connectivity index (χ3n) is 2.14. The highest BCUT2D eigenvalue weighted by atomic mass is 32.1. The van der Waals surface area contributed by atoms with Gasteiger partial charge in [-0.2, -0.15) is 0 Å². The Hall–Kier alpha value is -1.28. The molecule has 3 N–H and O–H groups in total. The van der Waals surface area contributed by atoms with Crippen LogP contribution in [0.25, 0.3) is 0 Å². The first-order valence-corrected chi connectivity index (χ1v) is 5.14. The van der Waals surface area contributed by atoms with Crippen molar-refractivity contribution >= 4 is 18.8 Å². The molecule has 0 aliphatic heterocycles. The number of hydrogen-bond donors (Lipinski definition) is 4. The summed E-state index contributed by atoms with van der Waals surface area (Å²) in [4.78, 5) is 17.2. The van der Waals surface area contributed by atoms with Crippen LogP contribution in [0.2, 0.25) is 0 Å². The average molecular weight is 259 g/mol. The lowest BCUT2D eigenvalue weighted by Gasteiger charge is -2.16. The molecule has 0 spiro atoms. The van der Waals surface area contributed by atoms with Crippen LogP contribution in [0.3, 0.4) is 0 Å². The van der Waals surface area contributed by atoms with Gasteiger partial charge in [0.25, 0.3) is 0 Å². The maximum Gasteiger partial charge on any atom is 0.357 e. The zero-order valence-electron chi connectivity index (χ0n) is 9.03. The van der Waals surface area contributed by atoms with Gasteiger partial charge < -0.3 is 19.8 Å². The van der Waals surface area contributed by atoms with E-state index in [4.69, 9.17) is 4.74 Å². The number of aliphatic hydroxyl groups is 2. The van der Waals surface area contributed by atoms with Crippen LogP contribution in [0.4, 0.5) is 0 Å². The van der Waals surface area contributed by atoms with E-state index >= 15 is 0 Å². The average Bonchev–Trinajstić information content (AvgIpc) is 2.37. The normalized spacial score (nSPS) is 13.9. The highest BCUT2D eigenvalue weighted by Crippen LogP contribution is 2.20. The van der Waals surface area contributed by atoms with Gasteiger partial charge >= 0.3 is 5.97 Å². The Kier molecular flexibility index (Phi) is 5.23. The van der Waals surface area contributed by atoms with Gasteiger partial charge in [-0.05, 0) is 17.7 Å². The Morgan fingerprint density at radius 2 is 1.94 bits per heavy atom. The van der Waals surface area contributed by atoms with Crippen LogP contribution in [-0.2, 0) is 9.63 Å². The second kappa shape index (κ2) is 6.45. The van der Waals surface area contributed by atoms with E-state index in [0.29, 0.717) is 11.3 Å². The summed E-state index contributed by atoms with van der Waals surface area (Å²) in [7, 11) is 1.51. The third-order valence-corrected chi connectivity index (χ3v) is 2.24. The van der Waals surface area contributed by atoms with E-state index in [1.807, 2.05) is 4.89 Å². The van der Waals surface area contributed by atoms with Crippen molar-refractivity contribution in [2.75, 3.05) is 7.11 Å². The van der Waals surface area contributed by atoms with Crippen LogP contribution < -0.4 is 9.62 Å². The van der Waals surface area contributed by atoms with Gasteiger partial charge in [0, 0.05) is 0 Å². The van der Waals surface area contributed by atoms with Crippen LogP contribution in [0, 0.1) is 0 Å². The highest BCUT2D eigenvalue weighted by molar-refractivity contribution is 7.77. The second-order valence-corrected chi connectivity index (χ2v) is 3.36. The number of rotatable bonds is 5. The van der Waals surface area contributed by atoms with E-state index in [9.17, 15) is 15.0 Å². The lowest BCUT2D eigenvalue weighted by atomic mass is 10.0. The number of thiol groups is 1. The van der Waals surface area contributed by atoms with Crippen molar-refractivity contribution in [2.45, 2.75) is 12.2 Å². The SMILES string of the molecule is COc1ccc([C@H](O)[C@H](O)C(=O)ONS)cc1. The number of aliphatic hydroxyl groups excluding tert-OH is 2. The van der Waals surface area contributed by atoms with E-state index in [1.165, 1.54) is 19.2 Å². The standard InChI is InChI=1S/C10H13NO5S/c1-15-7-4-2-6(3-5-7)8(12)9(13)10(14)16-11-17/h2-5,8-9,11-13,17H,1H3/t8-,9-/m0/s1. The number of ether oxygens (including phenoxy) is 1. The molecule has 0 radical (unpaired) electrons. The molecule has 0 aromatic heterocycles. The first kappa shape index (κ1) is 13.8. The topological polar surface area (TPSA) is 88.0 Å². The van der Waals surface area contributed by atoms with Crippen LogP contribution in [0.15, 0.2) is 24.3 Å². The Labute approximate surface area is 104 Å². The van der Waals surface area contributed by atoms with Crippen molar-refractivity contribution in [2.24, 2.45) is 0 Å². The number of methoxy groups -OCH3 is 1. The molecule has 0 aliphatic carbocycles. The van der Waals surface area contributed by atoms with Gasteiger partial charge in [0.2, 0.25) is 0 Å². The second-order valence-electron chi connectivity index (χ2n) is 3.18. The monoisotopic (exact) mass is 259 g/mol. The molecule has 0 aliphatic rings. The molecule has 0 amide bonds. The summed E-state index contributed by atoms with van der Waals surface area (Å²) in [5.41, 5.74) is 0.370. The molecule has 94 valence electrons. The number of carbonyl (C=O) groups excluding carboxylic acids is 1. The summed E-state index contributed by atoms with van der Waals surface area (Å²) >= 11 is 3.43. The van der Waals surface area contributed by atoms with Crippen LogP contribution >= 0.6 is 12.8 Å². The van der Waals surface area contributed by atoms with Crippen molar-refractivity contribution in [1.82, 2.24) is 4.89 Å². The fraction of sp³-hybridized carbons (Fsp3) is 0.300. The van der Waals surface area contributed by atoms with Gasteiger partial charge in [-0.25, -0.2) is 4.79 Å². The predicted molar refractivity (Wildman–Crippen MR) is 62.2 cm³/mol. The lowest BCUT2D eigenvalue weighted by molar-refractivity contribution is -0.163. The quantitative estimate of drug-likeness (QED) is 0.439. The number of carbonyl (C=O) groups is 1. The maximum atomic E-state index is 11.1. The molecular formula is C10H13NO5S. The molecule has 0 fully saturated rings. The predicted octanol–water partition coefficient (Wildman–Crippen LogP) is -0.0179. The van der Waals surface area contributed by atoms with Gasteiger partial charge in [-0.15, -0.1) is 0 Å². The van der Waals surface area contributed by atoms with Crippen molar-refractivity contribution in [3.8, 4) is 5.75 Å². The molecule has 0 saturated carbocycles. The zero-order valence-corrected chi connectivity index (χ0v) is 9.92. The Morgan fingerprint density at radius 3 is 2.41 bits per heavy atom. The van der Waals surface area contributed by atoms with Gasteiger partial charge in [0.15, 0.2) is 6.10 Å². The number of hydrogen-bond acceptors (Lipinski definition) is 7. The van der Waals surface area contributed by atoms with Gasteiger partial charge in [-0.3, -0.25) is 0 Å². The van der Waals surface area contributed by atoms with Gasteiger partial charge in [-0.1, -0.05) is 29.8 Å². The van der Waals surface area contributed by atoms with E-state index in [1.54, 1.807) is 12.1 Å². The first-order valence-electron chi connectivity index (χ1n) is 4.70. The van der Waals surface area contributed by atoms with Crippen LogP contribution in [0.1, 0.15) is 11.7 Å². The van der Waals surface area contributed by atoms with Crippen molar-refractivity contribution in [3.63, 3.8) is 0 Å². The molecule has 0 saturated heterocycles. The van der Waals surface area contributed by atoms with E-state index < -0.39 is 18.2 Å². The smallest absolute Gasteiger partial charge is 0.357 e. The molecule has 1 aromatic rings. The van der Waals surface area contributed by atoms with E-state index in [0.717, 1.165) is 0 Å². The molecule has 0 unspecified atom stereocenters. The first-order chi connectivity index (χ1) is 8.10. The van der Waals surface area contributed by atoms with Crippen LogP contribution in [-0.4, -0.2) is 29.4 Å². The summed E-state index contributed by atoms with van der Waals surface area (Å²) in [6.45, 7) is 0. The molecule has 1 aromatic carbocycles. The summed E-state index contributed by atoms with van der Waals surface area (Å²) in [5, 5.41) is 19.2.